The molecule has 0 saturated carbocycles. The molecule has 0 unspecified atom stereocenters. The summed E-state index contributed by atoms with van der Waals surface area (Å²) in [5.41, 5.74) is 2.18. The fourth-order valence-electron chi connectivity index (χ4n) is 2.21. The minimum atomic E-state index is 0.725. The summed E-state index contributed by atoms with van der Waals surface area (Å²) in [7, 11) is 1.90. The summed E-state index contributed by atoms with van der Waals surface area (Å²) in [4.78, 5) is 2.46. The van der Waals surface area contributed by atoms with Gasteiger partial charge in [0.25, 0.3) is 0 Å². The maximum absolute atomic E-state index is 6.46. The molecular formula is C18H16BrClN2S2. The summed E-state index contributed by atoms with van der Waals surface area (Å²) in [6.45, 7) is 0. The van der Waals surface area contributed by atoms with Crippen molar-refractivity contribution < 1.29 is 0 Å². The van der Waals surface area contributed by atoms with Gasteiger partial charge in [-0.15, -0.1) is 23.5 Å². The van der Waals surface area contributed by atoms with Gasteiger partial charge in [0.2, 0.25) is 0 Å². The molecular weight excluding hydrogens is 424 g/mol. The molecule has 0 atom stereocenters. The predicted octanol–water partition coefficient (Wildman–Crippen LogP) is 6.42. The SMILES string of the molecule is Cn1nc(CSc2ccccc2)c(CSc2ccc(Br)cc2)c1Cl. The lowest BCUT2D eigenvalue weighted by atomic mass is 10.3. The van der Waals surface area contributed by atoms with Crippen LogP contribution in [0.1, 0.15) is 11.3 Å². The van der Waals surface area contributed by atoms with E-state index in [-0.39, 0.29) is 0 Å². The highest BCUT2D eigenvalue weighted by Crippen LogP contribution is 2.32. The number of hydrogen-bond acceptors (Lipinski definition) is 3. The first-order chi connectivity index (χ1) is 11.6. The topological polar surface area (TPSA) is 17.8 Å². The van der Waals surface area contributed by atoms with Crippen LogP contribution < -0.4 is 0 Å². The molecule has 3 aromatic rings. The molecule has 6 heteroatoms. The molecule has 24 heavy (non-hydrogen) atoms. The minimum Gasteiger partial charge on any atom is -0.256 e. The molecule has 0 aliphatic carbocycles. The van der Waals surface area contributed by atoms with Gasteiger partial charge in [-0.2, -0.15) is 5.10 Å². The Hall–Kier alpha value is -0.880. The first-order valence-electron chi connectivity index (χ1n) is 7.40. The number of benzene rings is 2. The van der Waals surface area contributed by atoms with E-state index in [1.54, 1.807) is 28.2 Å². The van der Waals surface area contributed by atoms with Crippen LogP contribution >= 0.6 is 51.1 Å². The van der Waals surface area contributed by atoms with Crippen molar-refractivity contribution in [2.24, 2.45) is 7.05 Å². The van der Waals surface area contributed by atoms with Gasteiger partial charge < -0.3 is 0 Å². The van der Waals surface area contributed by atoms with Gasteiger partial charge in [0, 0.05) is 38.4 Å². The smallest absolute Gasteiger partial charge is 0.131 e. The second-order valence-corrected chi connectivity index (χ2v) is 8.56. The van der Waals surface area contributed by atoms with Gasteiger partial charge in [0.05, 0.1) is 5.69 Å². The van der Waals surface area contributed by atoms with Crippen LogP contribution in [0.4, 0.5) is 0 Å². The van der Waals surface area contributed by atoms with E-state index in [4.69, 9.17) is 11.6 Å². The molecule has 0 bridgehead atoms. The van der Waals surface area contributed by atoms with Crippen molar-refractivity contribution in [1.82, 2.24) is 9.78 Å². The Labute approximate surface area is 164 Å². The summed E-state index contributed by atoms with van der Waals surface area (Å²) >= 11 is 13.5. The van der Waals surface area contributed by atoms with Crippen molar-refractivity contribution >= 4 is 51.1 Å². The van der Waals surface area contributed by atoms with Gasteiger partial charge in [0.15, 0.2) is 0 Å². The number of thioether (sulfide) groups is 2. The molecule has 2 nitrogen and oxygen atoms in total. The molecule has 124 valence electrons. The zero-order chi connectivity index (χ0) is 16.9. The van der Waals surface area contributed by atoms with Gasteiger partial charge in [-0.3, -0.25) is 4.68 Å². The van der Waals surface area contributed by atoms with Gasteiger partial charge >= 0.3 is 0 Å². The van der Waals surface area contributed by atoms with Gasteiger partial charge in [0.1, 0.15) is 5.15 Å². The highest BCUT2D eigenvalue weighted by molar-refractivity contribution is 9.10. The lowest BCUT2D eigenvalue weighted by Crippen LogP contribution is -1.91. The lowest BCUT2D eigenvalue weighted by Gasteiger charge is -2.04. The minimum absolute atomic E-state index is 0.725. The largest absolute Gasteiger partial charge is 0.256 e. The molecule has 0 radical (unpaired) electrons. The summed E-state index contributed by atoms with van der Waals surface area (Å²) in [5, 5.41) is 5.32. The first-order valence-corrected chi connectivity index (χ1v) is 10.5. The fraction of sp³-hybridized carbons (Fsp3) is 0.167. The van der Waals surface area contributed by atoms with E-state index in [9.17, 15) is 0 Å². The summed E-state index contributed by atoms with van der Waals surface area (Å²) in [5.74, 6) is 1.64. The molecule has 0 saturated heterocycles. The highest BCUT2D eigenvalue weighted by Gasteiger charge is 2.15. The maximum Gasteiger partial charge on any atom is 0.131 e. The monoisotopic (exact) mass is 438 g/mol. The predicted molar refractivity (Wildman–Crippen MR) is 108 cm³/mol. The Kier molecular flexibility index (Phi) is 6.33. The van der Waals surface area contributed by atoms with Gasteiger partial charge in [-0.05, 0) is 36.4 Å². The summed E-state index contributed by atoms with van der Waals surface area (Å²) in [6, 6.07) is 18.7. The van der Waals surface area contributed by atoms with Crippen LogP contribution in [0.3, 0.4) is 0 Å². The van der Waals surface area contributed by atoms with Crippen molar-refractivity contribution in [2.75, 3.05) is 0 Å². The molecule has 3 rings (SSSR count). The Morgan fingerprint density at radius 2 is 1.58 bits per heavy atom. The molecule has 0 aliphatic heterocycles. The number of hydrogen-bond donors (Lipinski definition) is 0. The third-order valence-corrected chi connectivity index (χ3v) is 6.53. The molecule has 0 spiro atoms. The molecule has 1 aromatic heterocycles. The van der Waals surface area contributed by atoms with E-state index in [0.29, 0.717) is 0 Å². The van der Waals surface area contributed by atoms with Crippen LogP contribution in [0.5, 0.6) is 0 Å². The molecule has 1 heterocycles. The second-order valence-electron chi connectivity index (χ2n) is 5.18. The molecule has 2 aromatic carbocycles. The summed E-state index contributed by atoms with van der Waals surface area (Å²) in [6.07, 6.45) is 0. The number of aryl methyl sites for hydroxylation is 1. The van der Waals surface area contributed by atoms with Crippen molar-refractivity contribution in [1.29, 1.82) is 0 Å². The fourth-order valence-corrected chi connectivity index (χ4v) is 4.60. The normalized spacial score (nSPS) is 11.0. The number of rotatable bonds is 6. The molecule has 0 N–H and O–H groups in total. The average Bonchev–Trinajstić information content (AvgIpc) is 2.88. The molecule has 0 aliphatic rings. The van der Waals surface area contributed by atoms with Crippen molar-refractivity contribution in [3.8, 4) is 0 Å². The summed E-state index contributed by atoms with van der Waals surface area (Å²) < 4.78 is 2.85. The highest BCUT2D eigenvalue weighted by atomic mass is 79.9. The van der Waals surface area contributed by atoms with Gasteiger partial charge in [-0.25, -0.2) is 0 Å². The van der Waals surface area contributed by atoms with Crippen LogP contribution in [0.15, 0.2) is 68.9 Å². The third kappa shape index (κ3) is 4.60. The Balaban J connectivity index is 1.71. The molecule has 0 fully saturated rings. The van der Waals surface area contributed by atoms with Crippen molar-refractivity contribution in [2.45, 2.75) is 21.3 Å². The number of nitrogens with zero attached hydrogens (tertiary/aromatic N) is 2. The lowest BCUT2D eigenvalue weighted by molar-refractivity contribution is 0.755. The zero-order valence-electron chi connectivity index (χ0n) is 13.1. The van der Waals surface area contributed by atoms with Gasteiger partial charge in [-0.1, -0.05) is 45.7 Å². The average molecular weight is 440 g/mol. The van der Waals surface area contributed by atoms with E-state index >= 15 is 0 Å². The Bertz CT molecular complexity index is 804. The van der Waals surface area contributed by atoms with E-state index in [1.807, 2.05) is 13.1 Å². The number of halogens is 2. The van der Waals surface area contributed by atoms with Crippen molar-refractivity contribution in [3.63, 3.8) is 0 Å². The molecule has 0 amide bonds. The number of aromatic nitrogens is 2. The van der Waals surface area contributed by atoms with Crippen molar-refractivity contribution in [3.05, 3.63) is 75.5 Å². The van der Waals surface area contributed by atoms with E-state index < -0.39 is 0 Å². The van der Waals surface area contributed by atoms with E-state index in [1.165, 1.54) is 9.79 Å². The third-order valence-electron chi connectivity index (χ3n) is 3.47. The Morgan fingerprint density at radius 3 is 2.29 bits per heavy atom. The maximum atomic E-state index is 6.46. The van der Waals surface area contributed by atoms with Crippen LogP contribution in [0, 0.1) is 0 Å². The van der Waals surface area contributed by atoms with Crippen LogP contribution in [0.25, 0.3) is 0 Å². The van der Waals surface area contributed by atoms with Crippen LogP contribution in [0.2, 0.25) is 5.15 Å². The van der Waals surface area contributed by atoms with Crippen LogP contribution in [-0.4, -0.2) is 9.78 Å². The quantitative estimate of drug-likeness (QED) is 0.413. The zero-order valence-corrected chi connectivity index (χ0v) is 17.1. The van der Waals surface area contributed by atoms with E-state index in [0.717, 1.165) is 32.4 Å². The van der Waals surface area contributed by atoms with Crippen LogP contribution in [-0.2, 0) is 18.6 Å². The Morgan fingerprint density at radius 1 is 0.958 bits per heavy atom. The first kappa shape index (κ1) is 17.9. The second kappa shape index (κ2) is 8.48. The standard InChI is InChI=1S/C18H16BrClN2S2/c1-22-18(20)16(11-23-15-9-7-13(19)8-10-15)17(21-22)12-24-14-5-3-2-4-6-14/h2-10H,11-12H2,1H3. The van der Waals surface area contributed by atoms with E-state index in [2.05, 4.69) is 69.6 Å².